The van der Waals surface area contributed by atoms with Gasteiger partial charge in [0.15, 0.2) is 0 Å². The number of nitrogens with zero attached hydrogens (tertiary/aromatic N) is 1. The number of benzene rings is 3. The smallest absolute Gasteiger partial charge is 0.315 e. The van der Waals surface area contributed by atoms with Crippen molar-refractivity contribution in [1.82, 2.24) is 0 Å². The number of ether oxygens (including phenoxy) is 2. The molecule has 0 amide bonds. The van der Waals surface area contributed by atoms with Crippen LogP contribution in [0.1, 0.15) is 37.0 Å². The Balaban J connectivity index is 1.55. The lowest BCUT2D eigenvalue weighted by Gasteiger charge is -2.22. The molecule has 0 radical (unpaired) electrons. The molecule has 32 heavy (non-hydrogen) atoms. The Morgan fingerprint density at radius 1 is 0.906 bits per heavy atom. The summed E-state index contributed by atoms with van der Waals surface area (Å²) in [4.78, 5) is 13.2. The first-order valence-electron chi connectivity index (χ1n) is 10.5. The SMILES string of the molecule is CC(C)C(C(=O)OC(C#N)c1cccc(Oc2ccccc2)c1)c1ccc2sccc2c1. The first-order valence-corrected chi connectivity index (χ1v) is 11.3. The second-order valence-electron chi connectivity index (χ2n) is 7.87. The molecule has 1 aromatic heterocycles. The van der Waals surface area contributed by atoms with Crippen LogP contribution < -0.4 is 4.74 Å². The summed E-state index contributed by atoms with van der Waals surface area (Å²) < 4.78 is 12.7. The summed E-state index contributed by atoms with van der Waals surface area (Å²) in [7, 11) is 0. The third-order valence-corrected chi connectivity index (χ3v) is 6.15. The van der Waals surface area contributed by atoms with Crippen molar-refractivity contribution in [3.05, 3.63) is 95.4 Å². The molecule has 2 unspecified atom stereocenters. The van der Waals surface area contributed by atoms with Gasteiger partial charge in [0.1, 0.15) is 17.6 Å². The molecule has 0 spiro atoms. The van der Waals surface area contributed by atoms with E-state index < -0.39 is 18.0 Å². The molecule has 0 N–H and O–H groups in total. The molecule has 0 aliphatic carbocycles. The Morgan fingerprint density at radius 2 is 1.69 bits per heavy atom. The number of hydrogen-bond donors (Lipinski definition) is 0. The fourth-order valence-electron chi connectivity index (χ4n) is 3.70. The largest absolute Gasteiger partial charge is 0.457 e. The van der Waals surface area contributed by atoms with Crippen LogP contribution in [0.25, 0.3) is 10.1 Å². The molecular weight excluding hydrogens is 418 g/mol. The van der Waals surface area contributed by atoms with Gasteiger partial charge in [0.2, 0.25) is 6.10 Å². The average molecular weight is 442 g/mol. The third kappa shape index (κ3) is 4.82. The van der Waals surface area contributed by atoms with E-state index in [4.69, 9.17) is 9.47 Å². The minimum absolute atomic E-state index is 0.0191. The highest BCUT2D eigenvalue weighted by molar-refractivity contribution is 7.17. The number of hydrogen-bond acceptors (Lipinski definition) is 5. The molecule has 4 rings (SSSR count). The van der Waals surface area contributed by atoms with Crippen molar-refractivity contribution in [1.29, 1.82) is 5.26 Å². The predicted molar refractivity (Wildman–Crippen MR) is 127 cm³/mol. The minimum atomic E-state index is -1.02. The molecular formula is C27H23NO3S. The van der Waals surface area contributed by atoms with E-state index in [9.17, 15) is 10.1 Å². The number of esters is 1. The monoisotopic (exact) mass is 441 g/mol. The predicted octanol–water partition coefficient (Wildman–Crippen LogP) is 7.24. The van der Waals surface area contributed by atoms with Gasteiger partial charge in [0, 0.05) is 10.3 Å². The molecule has 0 aliphatic heterocycles. The normalized spacial score (nSPS) is 12.8. The number of carbonyl (C=O) groups excluding carboxylic acids is 1. The van der Waals surface area contributed by atoms with Crippen molar-refractivity contribution in [3.8, 4) is 17.6 Å². The number of para-hydroxylation sites is 1. The summed E-state index contributed by atoms with van der Waals surface area (Å²) >= 11 is 1.67. The molecule has 4 aromatic rings. The van der Waals surface area contributed by atoms with Crippen molar-refractivity contribution in [2.24, 2.45) is 5.92 Å². The van der Waals surface area contributed by atoms with Crippen molar-refractivity contribution < 1.29 is 14.3 Å². The number of thiophene rings is 1. The zero-order valence-electron chi connectivity index (χ0n) is 17.9. The standard InChI is InChI=1S/C27H23NO3S/c1-18(2)26(21-11-12-25-20(15-21)13-14-32-25)27(29)31-24(17-28)19-7-6-10-23(16-19)30-22-8-4-3-5-9-22/h3-16,18,24,26H,1-2H3. The molecule has 2 atom stereocenters. The van der Waals surface area contributed by atoms with Gasteiger partial charge in [-0.2, -0.15) is 5.26 Å². The summed E-state index contributed by atoms with van der Waals surface area (Å²) in [6.07, 6.45) is -1.02. The fraction of sp³-hybridized carbons (Fsp3) is 0.185. The molecule has 5 heteroatoms. The van der Waals surface area contributed by atoms with E-state index in [0.717, 1.165) is 10.9 Å². The van der Waals surface area contributed by atoms with Crippen LogP contribution in [-0.2, 0) is 9.53 Å². The summed E-state index contributed by atoms with van der Waals surface area (Å²) in [6.45, 7) is 3.97. The second-order valence-corrected chi connectivity index (χ2v) is 8.82. The highest BCUT2D eigenvalue weighted by Gasteiger charge is 2.29. The molecule has 1 heterocycles. The lowest BCUT2D eigenvalue weighted by molar-refractivity contribution is -0.150. The second kappa shape index (κ2) is 9.67. The van der Waals surface area contributed by atoms with Crippen LogP contribution >= 0.6 is 11.3 Å². The maximum atomic E-state index is 13.2. The summed E-state index contributed by atoms with van der Waals surface area (Å²) in [5.74, 6) is 0.423. The summed E-state index contributed by atoms with van der Waals surface area (Å²) in [5.41, 5.74) is 1.47. The van der Waals surface area contributed by atoms with Crippen LogP contribution in [0.3, 0.4) is 0 Å². The number of fused-ring (bicyclic) bond motifs is 1. The van der Waals surface area contributed by atoms with Gasteiger partial charge in [-0.3, -0.25) is 4.79 Å². The topological polar surface area (TPSA) is 59.3 Å². The fourth-order valence-corrected chi connectivity index (χ4v) is 4.47. The van der Waals surface area contributed by atoms with Gasteiger partial charge in [-0.15, -0.1) is 11.3 Å². The van der Waals surface area contributed by atoms with Gasteiger partial charge in [0.25, 0.3) is 0 Å². The number of carbonyl (C=O) groups is 1. The van der Waals surface area contributed by atoms with Crippen LogP contribution in [0, 0.1) is 17.2 Å². The van der Waals surface area contributed by atoms with Crippen molar-refractivity contribution >= 4 is 27.4 Å². The van der Waals surface area contributed by atoms with E-state index in [1.165, 1.54) is 4.70 Å². The minimum Gasteiger partial charge on any atom is -0.457 e. The molecule has 160 valence electrons. The zero-order valence-corrected chi connectivity index (χ0v) is 18.7. The van der Waals surface area contributed by atoms with E-state index in [2.05, 4.69) is 6.07 Å². The zero-order chi connectivity index (χ0) is 22.5. The Morgan fingerprint density at radius 3 is 2.44 bits per heavy atom. The van der Waals surface area contributed by atoms with Crippen molar-refractivity contribution in [3.63, 3.8) is 0 Å². The lowest BCUT2D eigenvalue weighted by atomic mass is 9.88. The Bertz CT molecular complexity index is 1260. The molecule has 0 saturated heterocycles. The van der Waals surface area contributed by atoms with Gasteiger partial charge >= 0.3 is 5.97 Å². The number of nitriles is 1. The average Bonchev–Trinajstić information content (AvgIpc) is 3.26. The molecule has 0 bridgehead atoms. The van der Waals surface area contributed by atoms with Gasteiger partial charge in [0.05, 0.1) is 5.92 Å². The molecule has 0 fully saturated rings. The van der Waals surface area contributed by atoms with Gasteiger partial charge in [-0.05, 0) is 64.7 Å². The molecule has 4 nitrogen and oxygen atoms in total. The van der Waals surface area contributed by atoms with Gasteiger partial charge in [-0.1, -0.05) is 50.2 Å². The van der Waals surface area contributed by atoms with E-state index in [1.807, 2.05) is 73.8 Å². The summed E-state index contributed by atoms with van der Waals surface area (Å²) in [6, 6.07) is 26.7. The third-order valence-electron chi connectivity index (χ3n) is 5.25. The van der Waals surface area contributed by atoms with Crippen molar-refractivity contribution in [2.75, 3.05) is 0 Å². The number of rotatable bonds is 7. The molecule has 0 saturated carbocycles. The quantitative estimate of drug-likeness (QED) is 0.284. The molecule has 3 aromatic carbocycles. The van der Waals surface area contributed by atoms with Crippen LogP contribution in [0.5, 0.6) is 11.5 Å². The summed E-state index contributed by atoms with van der Waals surface area (Å²) in [5, 5.41) is 12.9. The van der Waals surface area contributed by atoms with E-state index in [-0.39, 0.29) is 5.92 Å². The van der Waals surface area contributed by atoms with Gasteiger partial charge in [-0.25, -0.2) is 0 Å². The van der Waals surface area contributed by atoms with Crippen molar-refractivity contribution in [2.45, 2.75) is 25.9 Å². The maximum Gasteiger partial charge on any atom is 0.315 e. The van der Waals surface area contributed by atoms with Crippen LogP contribution in [0.4, 0.5) is 0 Å². The lowest BCUT2D eigenvalue weighted by Crippen LogP contribution is -2.22. The van der Waals surface area contributed by atoms with E-state index in [0.29, 0.717) is 17.1 Å². The van der Waals surface area contributed by atoms with E-state index in [1.54, 1.807) is 35.6 Å². The van der Waals surface area contributed by atoms with E-state index >= 15 is 0 Å². The first-order chi connectivity index (χ1) is 15.5. The Hall–Kier alpha value is -3.62. The van der Waals surface area contributed by atoms with Crippen LogP contribution in [0.2, 0.25) is 0 Å². The van der Waals surface area contributed by atoms with Gasteiger partial charge < -0.3 is 9.47 Å². The first kappa shape index (κ1) is 21.6. The van der Waals surface area contributed by atoms with Crippen LogP contribution in [-0.4, -0.2) is 5.97 Å². The highest BCUT2D eigenvalue weighted by Crippen LogP contribution is 2.33. The Kier molecular flexibility index (Phi) is 6.53. The van der Waals surface area contributed by atoms with Crippen LogP contribution in [0.15, 0.2) is 84.2 Å². The maximum absolute atomic E-state index is 13.2. The highest BCUT2D eigenvalue weighted by atomic mass is 32.1. The molecule has 0 aliphatic rings. The Labute approximate surface area is 191 Å².